The van der Waals surface area contributed by atoms with E-state index in [-0.39, 0.29) is 5.75 Å². The van der Waals surface area contributed by atoms with Crippen molar-refractivity contribution >= 4 is 17.4 Å². The summed E-state index contributed by atoms with van der Waals surface area (Å²) >= 11 is 2.03. The van der Waals surface area contributed by atoms with Gasteiger partial charge in [-0.1, -0.05) is 0 Å². The monoisotopic (exact) mass is 275 g/mol. The lowest BCUT2D eigenvalue weighted by Gasteiger charge is -2.56. The van der Waals surface area contributed by atoms with Crippen LogP contribution in [0.4, 0.5) is 5.69 Å². The third-order valence-electron chi connectivity index (χ3n) is 5.32. The van der Waals surface area contributed by atoms with Crippen LogP contribution in [0.3, 0.4) is 0 Å². The van der Waals surface area contributed by atoms with Crippen LogP contribution in [0.25, 0.3) is 0 Å². The van der Waals surface area contributed by atoms with Crippen LogP contribution in [0.15, 0.2) is 23.1 Å². The van der Waals surface area contributed by atoms with Crippen LogP contribution >= 0.6 is 11.8 Å². The van der Waals surface area contributed by atoms with Gasteiger partial charge in [0.2, 0.25) is 0 Å². The molecule has 0 amide bonds. The number of anilines is 1. The number of nitrogens with two attached hydrogens (primary N) is 1. The summed E-state index contributed by atoms with van der Waals surface area (Å²) in [6, 6.07) is 5.70. The molecule has 4 aliphatic rings. The number of benzene rings is 1. The molecule has 19 heavy (non-hydrogen) atoms. The van der Waals surface area contributed by atoms with Gasteiger partial charge in [-0.25, -0.2) is 0 Å². The molecule has 102 valence electrons. The zero-order chi connectivity index (χ0) is 13.0. The first-order chi connectivity index (χ1) is 9.12. The van der Waals surface area contributed by atoms with Crippen molar-refractivity contribution in [1.82, 2.24) is 0 Å². The van der Waals surface area contributed by atoms with E-state index in [1.165, 1.54) is 43.4 Å². The minimum Gasteiger partial charge on any atom is -0.506 e. The molecule has 0 aromatic heterocycles. The molecule has 4 saturated carbocycles. The Morgan fingerprint density at radius 1 is 1.05 bits per heavy atom. The van der Waals surface area contributed by atoms with Gasteiger partial charge < -0.3 is 10.8 Å². The maximum Gasteiger partial charge on any atom is 0.138 e. The van der Waals surface area contributed by atoms with E-state index in [1.54, 1.807) is 6.07 Å². The molecular formula is C16H21NOS. The van der Waals surface area contributed by atoms with Gasteiger partial charge in [0.25, 0.3) is 0 Å². The predicted molar refractivity (Wildman–Crippen MR) is 79.3 cm³/mol. The molecule has 0 heterocycles. The number of phenolic OH excluding ortho intramolecular Hbond substituents is 1. The van der Waals surface area contributed by atoms with E-state index >= 15 is 0 Å². The molecule has 1 aromatic rings. The summed E-state index contributed by atoms with van der Waals surface area (Å²) in [4.78, 5) is 1.23. The van der Waals surface area contributed by atoms with Crippen molar-refractivity contribution in [3.8, 4) is 5.75 Å². The number of rotatable bonds is 2. The fraction of sp³-hybridized carbons (Fsp3) is 0.625. The van der Waals surface area contributed by atoms with E-state index in [2.05, 4.69) is 0 Å². The van der Waals surface area contributed by atoms with E-state index in [1.807, 2.05) is 23.9 Å². The van der Waals surface area contributed by atoms with Crippen LogP contribution in [0.2, 0.25) is 0 Å². The van der Waals surface area contributed by atoms with Gasteiger partial charge in [0.15, 0.2) is 0 Å². The Balaban J connectivity index is 1.60. The van der Waals surface area contributed by atoms with Gasteiger partial charge in [0.1, 0.15) is 5.75 Å². The Bertz CT molecular complexity index is 478. The largest absolute Gasteiger partial charge is 0.506 e. The van der Waals surface area contributed by atoms with Gasteiger partial charge in [0, 0.05) is 9.64 Å². The second-order valence-corrected chi connectivity index (χ2v) is 8.46. The van der Waals surface area contributed by atoms with Crippen molar-refractivity contribution in [3.05, 3.63) is 18.2 Å². The molecule has 3 N–H and O–H groups in total. The van der Waals surface area contributed by atoms with E-state index in [0.717, 1.165) is 17.8 Å². The molecule has 0 aliphatic heterocycles. The number of hydrogen-bond acceptors (Lipinski definition) is 3. The molecule has 0 atom stereocenters. The van der Waals surface area contributed by atoms with Crippen molar-refractivity contribution in [2.24, 2.45) is 17.8 Å². The highest BCUT2D eigenvalue weighted by atomic mass is 32.2. The molecule has 0 unspecified atom stereocenters. The average molecular weight is 275 g/mol. The predicted octanol–water partition coefficient (Wildman–Crippen LogP) is 4.04. The molecule has 0 spiro atoms. The second kappa shape index (κ2) is 4.08. The van der Waals surface area contributed by atoms with Gasteiger partial charge in [-0.3, -0.25) is 0 Å². The Morgan fingerprint density at radius 2 is 1.63 bits per heavy atom. The molecule has 4 bridgehead atoms. The molecular weight excluding hydrogens is 254 g/mol. The highest BCUT2D eigenvalue weighted by molar-refractivity contribution is 8.00. The molecule has 4 fully saturated rings. The average Bonchev–Trinajstić information content (AvgIpc) is 2.31. The van der Waals surface area contributed by atoms with E-state index in [4.69, 9.17) is 5.73 Å². The van der Waals surface area contributed by atoms with Gasteiger partial charge in [0.05, 0.1) is 5.69 Å². The summed E-state index contributed by atoms with van der Waals surface area (Å²) in [6.45, 7) is 0. The van der Waals surface area contributed by atoms with Gasteiger partial charge in [-0.05, 0) is 74.5 Å². The van der Waals surface area contributed by atoms with Gasteiger partial charge >= 0.3 is 0 Å². The zero-order valence-electron chi connectivity index (χ0n) is 11.1. The third kappa shape index (κ3) is 2.03. The van der Waals surface area contributed by atoms with Crippen molar-refractivity contribution in [2.75, 3.05) is 5.73 Å². The highest BCUT2D eigenvalue weighted by Crippen LogP contribution is 2.61. The smallest absolute Gasteiger partial charge is 0.138 e. The lowest BCUT2D eigenvalue weighted by atomic mass is 9.56. The molecule has 4 aliphatic carbocycles. The fourth-order valence-corrected chi connectivity index (χ4v) is 6.78. The first kappa shape index (κ1) is 12.0. The van der Waals surface area contributed by atoms with Gasteiger partial charge in [-0.15, -0.1) is 11.8 Å². The quantitative estimate of drug-likeness (QED) is 0.632. The second-order valence-electron chi connectivity index (χ2n) is 6.92. The fourth-order valence-electron chi connectivity index (χ4n) is 5.00. The van der Waals surface area contributed by atoms with Crippen molar-refractivity contribution < 1.29 is 5.11 Å². The molecule has 1 aromatic carbocycles. The SMILES string of the molecule is Nc1cc(SC23CC4CC(CC(C4)C2)C3)ccc1O. The van der Waals surface area contributed by atoms with Crippen molar-refractivity contribution in [3.63, 3.8) is 0 Å². The summed E-state index contributed by atoms with van der Waals surface area (Å²) in [5, 5.41) is 9.54. The molecule has 2 nitrogen and oxygen atoms in total. The Hall–Kier alpha value is -0.830. The lowest BCUT2D eigenvalue weighted by Crippen LogP contribution is -2.48. The van der Waals surface area contributed by atoms with E-state index in [0.29, 0.717) is 10.4 Å². The van der Waals surface area contributed by atoms with Crippen LogP contribution in [-0.4, -0.2) is 9.85 Å². The number of hydrogen-bond donors (Lipinski definition) is 2. The molecule has 0 radical (unpaired) electrons. The number of phenols is 1. The van der Waals surface area contributed by atoms with Crippen LogP contribution in [0, 0.1) is 17.8 Å². The van der Waals surface area contributed by atoms with Gasteiger partial charge in [-0.2, -0.15) is 0 Å². The number of nitrogen functional groups attached to an aromatic ring is 1. The topological polar surface area (TPSA) is 46.2 Å². The van der Waals surface area contributed by atoms with Crippen LogP contribution in [0.1, 0.15) is 38.5 Å². The van der Waals surface area contributed by atoms with Crippen LogP contribution in [-0.2, 0) is 0 Å². The highest BCUT2D eigenvalue weighted by Gasteiger charge is 2.51. The lowest BCUT2D eigenvalue weighted by molar-refractivity contribution is 0.0383. The Labute approximate surface area is 118 Å². The summed E-state index contributed by atoms with van der Waals surface area (Å²) in [6.07, 6.45) is 8.63. The molecule has 5 rings (SSSR count). The summed E-state index contributed by atoms with van der Waals surface area (Å²) in [5.41, 5.74) is 6.33. The zero-order valence-corrected chi connectivity index (χ0v) is 12.0. The third-order valence-corrected chi connectivity index (χ3v) is 6.74. The molecule has 3 heteroatoms. The Kier molecular flexibility index (Phi) is 2.57. The first-order valence-corrected chi connectivity index (χ1v) is 8.21. The summed E-state index contributed by atoms with van der Waals surface area (Å²) in [5.74, 6) is 3.14. The van der Waals surface area contributed by atoms with E-state index in [9.17, 15) is 5.11 Å². The van der Waals surface area contributed by atoms with Crippen LogP contribution < -0.4 is 5.73 Å². The minimum absolute atomic E-state index is 0.204. The Morgan fingerprint density at radius 3 is 2.16 bits per heavy atom. The maximum absolute atomic E-state index is 9.54. The summed E-state index contributed by atoms with van der Waals surface area (Å²) < 4.78 is 0.470. The minimum atomic E-state index is 0.204. The van der Waals surface area contributed by atoms with Crippen molar-refractivity contribution in [2.45, 2.75) is 48.2 Å². The summed E-state index contributed by atoms with van der Waals surface area (Å²) in [7, 11) is 0. The standard InChI is InChI=1S/C16H21NOS/c17-14-6-13(1-2-15(14)18)19-16-7-10-3-11(8-16)5-12(4-10)9-16/h1-2,6,10-12,18H,3-5,7-9,17H2. The number of thioether (sulfide) groups is 1. The molecule has 0 saturated heterocycles. The normalized spacial score (nSPS) is 39.7. The maximum atomic E-state index is 9.54. The van der Waals surface area contributed by atoms with Crippen molar-refractivity contribution in [1.29, 1.82) is 0 Å². The van der Waals surface area contributed by atoms with E-state index < -0.39 is 0 Å². The van der Waals surface area contributed by atoms with Crippen LogP contribution in [0.5, 0.6) is 5.75 Å². The number of aromatic hydroxyl groups is 1. The first-order valence-electron chi connectivity index (χ1n) is 7.39.